The van der Waals surface area contributed by atoms with E-state index in [2.05, 4.69) is 16.5 Å². The number of fused-ring (bicyclic) bond motifs is 2. The monoisotopic (exact) mass is 469 g/mol. The van der Waals surface area contributed by atoms with Gasteiger partial charge in [0.05, 0.1) is 11.3 Å². The minimum Gasteiger partial charge on any atom is -0.454 e. The van der Waals surface area contributed by atoms with Crippen molar-refractivity contribution in [1.82, 2.24) is 0 Å². The quantitative estimate of drug-likeness (QED) is 0.285. The first-order chi connectivity index (χ1) is 16.0. The van der Waals surface area contributed by atoms with Crippen LogP contribution in [0.4, 0.5) is 5.00 Å². The lowest BCUT2D eigenvalue weighted by Crippen LogP contribution is -2.22. The Morgan fingerprint density at radius 3 is 2.85 bits per heavy atom. The Morgan fingerprint density at radius 2 is 2.00 bits per heavy atom. The third-order valence-electron chi connectivity index (χ3n) is 5.32. The summed E-state index contributed by atoms with van der Waals surface area (Å²) in [7, 11) is 0. The number of anilines is 1. The van der Waals surface area contributed by atoms with E-state index in [1.165, 1.54) is 11.3 Å². The highest BCUT2D eigenvalue weighted by atomic mass is 32.1. The number of nitrogens with one attached hydrogen (secondary N) is 1. The molecule has 0 atom stereocenters. The van der Waals surface area contributed by atoms with Crippen LogP contribution >= 0.6 is 11.3 Å². The molecule has 1 aliphatic carbocycles. The predicted molar refractivity (Wildman–Crippen MR) is 121 cm³/mol. The molecule has 0 fully saturated rings. The maximum Gasteiger partial charge on any atom is 0.347 e. The summed E-state index contributed by atoms with van der Waals surface area (Å²) >= 11 is 1.43. The van der Waals surface area contributed by atoms with Crippen molar-refractivity contribution in [2.75, 3.05) is 25.3 Å². The van der Waals surface area contributed by atoms with Crippen LogP contribution in [0, 0.1) is 11.3 Å². The Labute approximate surface area is 194 Å². The fourth-order valence-corrected chi connectivity index (χ4v) is 4.91. The maximum atomic E-state index is 12.2. The van der Waals surface area contributed by atoms with Crippen molar-refractivity contribution < 1.29 is 28.6 Å². The number of oxime groups is 1. The van der Waals surface area contributed by atoms with Crippen LogP contribution in [0.15, 0.2) is 23.4 Å². The van der Waals surface area contributed by atoms with Gasteiger partial charge in [-0.05, 0) is 56.4 Å². The Bertz CT molecular complexity index is 1130. The molecule has 0 unspecified atom stereocenters. The van der Waals surface area contributed by atoms with Crippen molar-refractivity contribution in [3.8, 4) is 17.6 Å². The average molecular weight is 470 g/mol. The molecule has 0 spiro atoms. The molecule has 1 aromatic carbocycles. The van der Waals surface area contributed by atoms with Gasteiger partial charge in [-0.3, -0.25) is 4.79 Å². The van der Waals surface area contributed by atoms with Crippen LogP contribution in [0.5, 0.6) is 11.5 Å². The van der Waals surface area contributed by atoms with E-state index in [1.54, 1.807) is 25.1 Å². The molecule has 0 bridgehead atoms. The average Bonchev–Trinajstić information content (AvgIpc) is 3.34. The van der Waals surface area contributed by atoms with Gasteiger partial charge in [0.15, 0.2) is 18.1 Å². The number of hydrogen-bond donors (Lipinski definition) is 1. The van der Waals surface area contributed by atoms with Crippen LogP contribution in [-0.4, -0.2) is 37.6 Å². The zero-order valence-corrected chi connectivity index (χ0v) is 19.0. The minimum atomic E-state index is -0.727. The highest BCUT2D eigenvalue weighted by Gasteiger charge is 2.21. The highest BCUT2D eigenvalue weighted by Crippen LogP contribution is 2.37. The second-order valence-corrected chi connectivity index (χ2v) is 8.71. The van der Waals surface area contributed by atoms with Gasteiger partial charge in [0.25, 0.3) is 5.91 Å². The number of hydrogen-bond acceptors (Lipinski definition) is 9. The lowest BCUT2D eigenvalue weighted by atomic mass is 10.1. The molecule has 1 N–H and O–H groups in total. The number of amides is 1. The summed E-state index contributed by atoms with van der Waals surface area (Å²) in [6.45, 7) is 0.996. The van der Waals surface area contributed by atoms with E-state index >= 15 is 0 Å². The zero-order valence-electron chi connectivity index (χ0n) is 18.1. The van der Waals surface area contributed by atoms with Crippen molar-refractivity contribution in [2.24, 2.45) is 5.16 Å². The fourth-order valence-electron chi connectivity index (χ4n) is 3.66. The first-order valence-corrected chi connectivity index (χ1v) is 11.4. The molecule has 9 nitrogen and oxygen atoms in total. The van der Waals surface area contributed by atoms with Crippen LogP contribution in [0.2, 0.25) is 0 Å². The minimum absolute atomic E-state index is 0.178. The van der Waals surface area contributed by atoms with E-state index in [9.17, 15) is 14.9 Å². The fraction of sp³-hybridized carbons (Fsp3) is 0.391. The molecule has 2 aromatic rings. The van der Waals surface area contributed by atoms with E-state index in [0.717, 1.165) is 48.1 Å². The van der Waals surface area contributed by atoms with Crippen molar-refractivity contribution >= 4 is 33.9 Å². The van der Waals surface area contributed by atoms with Crippen molar-refractivity contribution in [3.05, 3.63) is 39.8 Å². The lowest BCUT2D eigenvalue weighted by molar-refractivity contribution is -0.151. The Kier molecular flexibility index (Phi) is 7.10. The topological polar surface area (TPSA) is 119 Å². The van der Waals surface area contributed by atoms with E-state index in [1.807, 2.05) is 0 Å². The molecule has 1 aliphatic heterocycles. The summed E-state index contributed by atoms with van der Waals surface area (Å²) in [4.78, 5) is 30.4. The molecule has 4 rings (SSSR count). The summed E-state index contributed by atoms with van der Waals surface area (Å²) in [5, 5.41) is 16.7. The number of ether oxygens (including phenoxy) is 3. The Balaban J connectivity index is 1.24. The summed E-state index contributed by atoms with van der Waals surface area (Å²) in [5.41, 5.74) is 2.86. The van der Waals surface area contributed by atoms with Gasteiger partial charge in [0, 0.05) is 10.4 Å². The molecule has 33 heavy (non-hydrogen) atoms. The Hall–Kier alpha value is -3.58. The first-order valence-electron chi connectivity index (χ1n) is 10.6. The number of carbonyl (C=O) groups is 2. The zero-order chi connectivity index (χ0) is 23.2. The second-order valence-electron chi connectivity index (χ2n) is 7.61. The van der Waals surface area contributed by atoms with Crippen LogP contribution < -0.4 is 14.8 Å². The van der Waals surface area contributed by atoms with Crippen molar-refractivity contribution in [1.29, 1.82) is 5.26 Å². The summed E-state index contributed by atoms with van der Waals surface area (Å²) in [6, 6.07) is 7.55. The van der Waals surface area contributed by atoms with Gasteiger partial charge >= 0.3 is 5.97 Å². The maximum absolute atomic E-state index is 12.2. The molecule has 0 saturated heterocycles. The Morgan fingerprint density at radius 1 is 1.18 bits per heavy atom. The van der Waals surface area contributed by atoms with Crippen LogP contribution in [0.3, 0.4) is 0 Å². The van der Waals surface area contributed by atoms with Crippen molar-refractivity contribution in [2.45, 2.75) is 39.0 Å². The van der Waals surface area contributed by atoms with Gasteiger partial charge in [-0.1, -0.05) is 11.6 Å². The standard InChI is InChI=1S/C23H23N3O6S/c1-14(15-7-8-18-19(9-15)31-13-30-18)26-32-12-22(28)29-11-21(27)25-23-17(10-24)16-5-3-2-4-6-20(16)33-23/h7-9H,2-6,11-13H2,1H3,(H,25,27)/b26-14+. The SMILES string of the molecule is C/C(=N\OCC(=O)OCC(=O)Nc1sc2c(c1C#N)CCCCC2)c1ccc2c(c1)OCO2. The summed E-state index contributed by atoms with van der Waals surface area (Å²) in [5.74, 6) is 0.0507. The molecule has 1 aromatic heterocycles. The van der Waals surface area contributed by atoms with E-state index in [0.29, 0.717) is 27.8 Å². The van der Waals surface area contributed by atoms with Crippen molar-refractivity contribution in [3.63, 3.8) is 0 Å². The van der Waals surface area contributed by atoms with Gasteiger partial charge in [-0.2, -0.15) is 5.26 Å². The number of rotatable bonds is 7. The lowest BCUT2D eigenvalue weighted by Gasteiger charge is -2.06. The van der Waals surface area contributed by atoms with Crippen LogP contribution in [-0.2, 0) is 32.0 Å². The van der Waals surface area contributed by atoms with Gasteiger partial charge < -0.3 is 24.4 Å². The van der Waals surface area contributed by atoms with Crippen LogP contribution in [0.25, 0.3) is 0 Å². The largest absolute Gasteiger partial charge is 0.454 e. The number of nitriles is 1. The smallest absolute Gasteiger partial charge is 0.347 e. The molecule has 0 saturated carbocycles. The second kappa shape index (κ2) is 10.4. The third kappa shape index (κ3) is 5.43. The molecule has 10 heteroatoms. The number of thiophene rings is 1. The van der Waals surface area contributed by atoms with Gasteiger partial charge in [-0.25, -0.2) is 4.79 Å². The first kappa shape index (κ1) is 22.6. The van der Waals surface area contributed by atoms with Gasteiger partial charge in [0.1, 0.15) is 11.1 Å². The number of nitrogens with zero attached hydrogens (tertiary/aromatic N) is 2. The molecular formula is C23H23N3O6S. The van der Waals surface area contributed by atoms with Gasteiger partial charge in [0.2, 0.25) is 13.4 Å². The molecule has 2 aliphatic rings. The number of benzene rings is 1. The van der Waals surface area contributed by atoms with E-state index < -0.39 is 25.1 Å². The molecule has 172 valence electrons. The predicted octanol–water partition coefficient (Wildman–Crippen LogP) is 3.54. The van der Waals surface area contributed by atoms with Gasteiger partial charge in [-0.15, -0.1) is 11.3 Å². The third-order valence-corrected chi connectivity index (χ3v) is 6.53. The number of aryl methyl sites for hydroxylation is 1. The summed E-state index contributed by atoms with van der Waals surface area (Å²) in [6.07, 6.45) is 5.04. The van der Waals surface area contributed by atoms with E-state index in [4.69, 9.17) is 19.0 Å². The molecule has 1 amide bonds. The number of esters is 1. The molecule has 0 radical (unpaired) electrons. The normalized spacial score (nSPS) is 14.6. The summed E-state index contributed by atoms with van der Waals surface area (Å²) < 4.78 is 15.6. The number of carbonyl (C=O) groups excluding carboxylic acids is 2. The highest BCUT2D eigenvalue weighted by molar-refractivity contribution is 7.16. The molecule has 2 heterocycles. The van der Waals surface area contributed by atoms with E-state index in [-0.39, 0.29) is 6.79 Å². The van der Waals surface area contributed by atoms with Crippen LogP contribution in [0.1, 0.15) is 47.8 Å². The molecular weight excluding hydrogens is 446 g/mol.